The Morgan fingerprint density at radius 1 is 0.870 bits per heavy atom. The van der Waals surface area contributed by atoms with Crippen molar-refractivity contribution in [3.8, 4) is 0 Å². The maximum atomic E-state index is 7.50. The summed E-state index contributed by atoms with van der Waals surface area (Å²) in [7, 11) is 0.397. The predicted octanol–water partition coefficient (Wildman–Crippen LogP) is 2.73. The molecule has 23 heavy (non-hydrogen) atoms. The molecule has 0 rings (SSSR count). The van der Waals surface area contributed by atoms with Gasteiger partial charge in [0.1, 0.15) is 0 Å². The minimum atomic E-state index is -1.29. The standard InChI is InChI=1S/C10H20OSi.5CO.Cr/c1-10(2,3)12(5,6)9-7-8-11-4;5*1-2;/h7,9H,1-6H3;;;;;;/b9-7+;;;;;;. The molecule has 0 fully saturated rings. The van der Waals surface area contributed by atoms with E-state index in [0.29, 0.717) is 5.04 Å². The first-order valence-electron chi connectivity index (χ1n) is 5.50. The van der Waals surface area contributed by atoms with Gasteiger partial charge in [-0.2, -0.15) is 0 Å². The third-order valence-electron chi connectivity index (χ3n) is 2.77. The van der Waals surface area contributed by atoms with Crippen LogP contribution >= 0.6 is 0 Å². The maximum absolute atomic E-state index is 7.50. The Hall–Kier alpha value is -0.981. The van der Waals surface area contributed by atoms with Crippen molar-refractivity contribution in [3.63, 3.8) is 0 Å². The Kier molecular flexibility index (Phi) is 47.9. The molecule has 0 aliphatic carbocycles. The Labute approximate surface area is 147 Å². The van der Waals surface area contributed by atoms with E-state index in [1.807, 2.05) is 0 Å². The molecule has 0 saturated heterocycles. The van der Waals surface area contributed by atoms with Crippen LogP contribution in [0.25, 0.3) is 0 Å². The number of hydrogen-bond acceptors (Lipinski definition) is 1. The number of ether oxygens (including phenoxy) is 1. The fourth-order valence-electron chi connectivity index (χ4n) is 0.594. The number of methoxy groups -OCH3 is 1. The molecular weight excluding hydrogens is 356 g/mol. The molecule has 0 saturated carbocycles. The van der Waals surface area contributed by atoms with Gasteiger partial charge in [-0.15, -0.1) is 0 Å². The normalized spacial score (nSPS) is 8.17. The molecule has 0 amide bonds. The Bertz CT molecular complexity index is 362. The molecule has 8 heteroatoms. The zero-order chi connectivity index (χ0) is 20.7. The summed E-state index contributed by atoms with van der Waals surface area (Å²) in [5.41, 5.74) is 2.32. The van der Waals surface area contributed by atoms with Gasteiger partial charge in [-0.1, -0.05) is 0 Å². The third-order valence-corrected chi connectivity index (χ3v) is 8.11. The second kappa shape index (κ2) is 29.1. The molecule has 0 spiro atoms. The van der Waals surface area contributed by atoms with Gasteiger partial charge in [0.25, 0.3) is 0 Å². The molecule has 0 aliphatic heterocycles. The first kappa shape index (κ1) is 37.9. The molecule has 0 aromatic carbocycles. The quantitative estimate of drug-likeness (QED) is 0.421. The van der Waals surface area contributed by atoms with Gasteiger partial charge in [-0.3, -0.25) is 0 Å². The fourth-order valence-corrected chi connectivity index (χ4v) is 1.97. The van der Waals surface area contributed by atoms with Crippen LogP contribution in [0.1, 0.15) is 20.8 Å². The molecule has 0 aromatic rings. The van der Waals surface area contributed by atoms with Gasteiger partial charge in [0.05, 0.1) is 0 Å². The first-order chi connectivity index (χ1) is 10.7. The molecule has 0 aromatic heterocycles. The van der Waals surface area contributed by atoms with E-state index in [1.54, 1.807) is 7.11 Å². The zero-order valence-corrected chi connectivity index (χ0v) is 16.3. The van der Waals surface area contributed by atoms with E-state index >= 15 is 0 Å². The SMILES string of the molecule is CO[C](=[Cr])/C=C/[Si](C)(C)C(C)(C)C.[C-]#[O+].[C-]#[O+].[C-]#[O+].[C-]#[O+].[C-]#[O+]. The van der Waals surface area contributed by atoms with Crippen molar-refractivity contribution in [2.45, 2.75) is 38.9 Å². The van der Waals surface area contributed by atoms with Crippen molar-refractivity contribution < 1.29 is 43.8 Å². The Balaban J connectivity index is -0.0000000611. The average molecular weight is 376 g/mol. The van der Waals surface area contributed by atoms with Crippen molar-refractivity contribution in [2.75, 3.05) is 7.11 Å². The number of rotatable bonds is 3. The van der Waals surface area contributed by atoms with Crippen LogP contribution in [0.15, 0.2) is 11.8 Å². The molecule has 0 radical (unpaired) electrons. The predicted molar refractivity (Wildman–Crippen MR) is 78.0 cm³/mol. The number of hydrogen-bond donors (Lipinski definition) is 0. The van der Waals surface area contributed by atoms with E-state index < -0.39 is 8.07 Å². The summed E-state index contributed by atoms with van der Waals surface area (Å²) >= 11 is 2.88. The summed E-state index contributed by atoms with van der Waals surface area (Å²) in [4.78, 5) is 0. The van der Waals surface area contributed by atoms with Crippen molar-refractivity contribution >= 4 is 12.6 Å². The van der Waals surface area contributed by atoms with Crippen molar-refractivity contribution in [1.29, 1.82) is 0 Å². The topological polar surface area (TPSA) is 109 Å². The average Bonchev–Trinajstić information content (AvgIpc) is 2.60. The van der Waals surface area contributed by atoms with Crippen LogP contribution in [-0.2, 0) is 43.8 Å². The molecular formula is C15H20CrO6Si. The first-order valence-corrected chi connectivity index (χ1v) is 9.21. The molecule has 0 atom stereocenters. The van der Waals surface area contributed by atoms with Gasteiger partial charge in [0.15, 0.2) is 0 Å². The summed E-state index contributed by atoms with van der Waals surface area (Å²) < 4.78 is 43.4. The summed E-state index contributed by atoms with van der Waals surface area (Å²) in [6.07, 6.45) is 2.05. The van der Waals surface area contributed by atoms with Crippen LogP contribution in [-0.4, -0.2) is 19.7 Å². The van der Waals surface area contributed by atoms with E-state index in [1.165, 1.54) is 0 Å². The van der Waals surface area contributed by atoms with Crippen LogP contribution in [0.2, 0.25) is 18.1 Å². The Morgan fingerprint density at radius 3 is 1.30 bits per heavy atom. The summed E-state index contributed by atoms with van der Waals surface area (Å²) in [5, 5.41) is 0.400. The van der Waals surface area contributed by atoms with Crippen molar-refractivity contribution in [1.82, 2.24) is 0 Å². The van der Waals surface area contributed by atoms with E-state index in [2.05, 4.69) is 94.7 Å². The molecule has 126 valence electrons. The zero-order valence-electron chi connectivity index (χ0n) is 14.0. The van der Waals surface area contributed by atoms with E-state index in [9.17, 15) is 0 Å². The molecule has 0 bridgehead atoms. The second-order valence-electron chi connectivity index (χ2n) is 4.83. The van der Waals surface area contributed by atoms with Crippen LogP contribution < -0.4 is 0 Å². The van der Waals surface area contributed by atoms with E-state index in [4.69, 9.17) is 28.0 Å². The summed E-state index contributed by atoms with van der Waals surface area (Å²) in [5.74, 6) is 0. The van der Waals surface area contributed by atoms with Gasteiger partial charge in [-0.25, -0.2) is 0 Å². The van der Waals surface area contributed by atoms with Gasteiger partial charge < -0.3 is 0 Å². The minimum absolute atomic E-state index is 0.400. The van der Waals surface area contributed by atoms with Crippen LogP contribution in [0.5, 0.6) is 0 Å². The van der Waals surface area contributed by atoms with Crippen molar-refractivity contribution in [3.05, 3.63) is 45.0 Å². The van der Waals surface area contributed by atoms with Crippen LogP contribution in [0.4, 0.5) is 0 Å². The summed E-state index contributed by atoms with van der Waals surface area (Å²) in [6, 6.07) is 0. The van der Waals surface area contributed by atoms with Crippen LogP contribution in [0, 0.1) is 33.3 Å². The van der Waals surface area contributed by atoms with E-state index in [-0.39, 0.29) is 0 Å². The van der Waals surface area contributed by atoms with Gasteiger partial charge in [-0.05, 0) is 0 Å². The fraction of sp³-hybridized carbons (Fsp3) is 0.467. The van der Waals surface area contributed by atoms with Crippen molar-refractivity contribution in [2.24, 2.45) is 0 Å². The van der Waals surface area contributed by atoms with Gasteiger partial charge in [0.2, 0.25) is 0 Å². The Morgan fingerprint density at radius 2 is 1.13 bits per heavy atom. The second-order valence-corrected chi connectivity index (χ2v) is 10.7. The third kappa shape index (κ3) is 29.6. The molecule has 6 nitrogen and oxygen atoms in total. The van der Waals surface area contributed by atoms with Crippen LogP contribution in [0.3, 0.4) is 0 Å². The van der Waals surface area contributed by atoms with Gasteiger partial charge >= 0.3 is 148 Å². The monoisotopic (exact) mass is 376 g/mol. The molecule has 0 heterocycles. The summed E-state index contributed by atoms with van der Waals surface area (Å²) in [6.45, 7) is 34.1. The molecule has 0 aliphatic rings. The van der Waals surface area contributed by atoms with E-state index in [0.717, 1.165) is 4.57 Å². The van der Waals surface area contributed by atoms with Gasteiger partial charge in [0, 0.05) is 0 Å². The molecule has 0 unspecified atom stereocenters. The molecule has 0 N–H and O–H groups in total.